The molecule has 7 nitrogen and oxygen atoms in total. The van der Waals surface area contributed by atoms with Crippen molar-refractivity contribution in [3.63, 3.8) is 0 Å². The summed E-state index contributed by atoms with van der Waals surface area (Å²) in [4.78, 5) is 12.0. The van der Waals surface area contributed by atoms with Gasteiger partial charge in [0, 0.05) is 25.9 Å². The van der Waals surface area contributed by atoms with Crippen LogP contribution in [-0.4, -0.2) is 46.7 Å². The first-order valence-electron chi connectivity index (χ1n) is 4.37. The fraction of sp³-hybridized carbons (Fsp3) is 0.625. The van der Waals surface area contributed by atoms with Gasteiger partial charge < -0.3 is 16.0 Å². The van der Waals surface area contributed by atoms with E-state index in [1.54, 1.807) is 4.90 Å². The molecule has 0 bridgehead atoms. The Morgan fingerprint density at radius 3 is 2.67 bits per heavy atom. The number of rotatable bonds is 7. The number of hydrogen-bond acceptors (Lipinski definition) is 5. The van der Waals surface area contributed by atoms with Crippen molar-refractivity contribution >= 4 is 11.8 Å². The van der Waals surface area contributed by atoms with Gasteiger partial charge in [-0.1, -0.05) is 5.16 Å². The van der Waals surface area contributed by atoms with Crippen molar-refractivity contribution in [1.82, 2.24) is 4.90 Å². The molecule has 0 aliphatic rings. The van der Waals surface area contributed by atoms with Crippen LogP contribution in [0.15, 0.2) is 5.16 Å². The Kier molecular flexibility index (Phi) is 6.67. The van der Waals surface area contributed by atoms with Crippen LogP contribution in [0.25, 0.3) is 0 Å². The molecule has 15 heavy (non-hydrogen) atoms. The summed E-state index contributed by atoms with van der Waals surface area (Å²) in [6.45, 7) is 0.561. The van der Waals surface area contributed by atoms with Gasteiger partial charge in [0.1, 0.15) is 5.84 Å². The fourth-order valence-corrected chi connectivity index (χ4v) is 0.992. The van der Waals surface area contributed by atoms with E-state index in [1.807, 2.05) is 6.07 Å². The van der Waals surface area contributed by atoms with Crippen LogP contribution < -0.4 is 5.73 Å². The molecule has 0 aromatic heterocycles. The van der Waals surface area contributed by atoms with Gasteiger partial charge in [-0.15, -0.1) is 0 Å². The van der Waals surface area contributed by atoms with E-state index in [1.165, 1.54) is 0 Å². The number of aliphatic carboxylic acids is 1. The van der Waals surface area contributed by atoms with Gasteiger partial charge in [-0.3, -0.25) is 9.69 Å². The summed E-state index contributed by atoms with van der Waals surface area (Å²) in [7, 11) is 0. The minimum absolute atomic E-state index is 0.0438. The van der Waals surface area contributed by atoms with Crippen LogP contribution in [-0.2, 0) is 4.79 Å². The van der Waals surface area contributed by atoms with Gasteiger partial charge in [-0.25, -0.2) is 0 Å². The van der Waals surface area contributed by atoms with E-state index >= 15 is 0 Å². The van der Waals surface area contributed by atoms with E-state index in [4.69, 9.17) is 21.3 Å². The molecule has 0 rings (SSSR count). The third kappa shape index (κ3) is 7.28. The lowest BCUT2D eigenvalue weighted by atomic mass is 10.3. The molecule has 0 aromatic carbocycles. The SMILES string of the molecule is N#CCCN(CC/C(N)=N\O)CC(=O)O. The Morgan fingerprint density at radius 2 is 2.20 bits per heavy atom. The van der Waals surface area contributed by atoms with Gasteiger partial charge in [0.25, 0.3) is 0 Å². The van der Waals surface area contributed by atoms with Crippen molar-refractivity contribution < 1.29 is 15.1 Å². The normalized spacial score (nSPS) is 11.3. The van der Waals surface area contributed by atoms with Crippen LogP contribution in [0.2, 0.25) is 0 Å². The molecule has 0 atom stereocenters. The second-order valence-electron chi connectivity index (χ2n) is 2.92. The smallest absolute Gasteiger partial charge is 0.317 e. The molecule has 0 saturated heterocycles. The lowest BCUT2D eigenvalue weighted by Gasteiger charge is -2.17. The van der Waals surface area contributed by atoms with Crippen LogP contribution in [0.5, 0.6) is 0 Å². The van der Waals surface area contributed by atoms with Crippen molar-refractivity contribution in [3.8, 4) is 6.07 Å². The van der Waals surface area contributed by atoms with Gasteiger partial charge in [0.15, 0.2) is 0 Å². The van der Waals surface area contributed by atoms with Gasteiger partial charge in [-0.2, -0.15) is 5.26 Å². The highest BCUT2D eigenvalue weighted by Gasteiger charge is 2.09. The minimum Gasteiger partial charge on any atom is -0.480 e. The van der Waals surface area contributed by atoms with E-state index < -0.39 is 5.97 Å². The molecule has 0 spiro atoms. The van der Waals surface area contributed by atoms with Crippen molar-refractivity contribution in [3.05, 3.63) is 0 Å². The van der Waals surface area contributed by atoms with Gasteiger partial charge in [0.05, 0.1) is 12.6 Å². The zero-order valence-electron chi connectivity index (χ0n) is 8.26. The number of nitrogens with two attached hydrogens (primary N) is 1. The molecule has 0 radical (unpaired) electrons. The second-order valence-corrected chi connectivity index (χ2v) is 2.92. The molecule has 0 aliphatic carbocycles. The van der Waals surface area contributed by atoms with Crippen LogP contribution in [0.3, 0.4) is 0 Å². The topological polar surface area (TPSA) is 123 Å². The maximum Gasteiger partial charge on any atom is 0.317 e. The van der Waals surface area contributed by atoms with Crippen molar-refractivity contribution in [2.75, 3.05) is 19.6 Å². The van der Waals surface area contributed by atoms with Crippen LogP contribution in [0, 0.1) is 11.3 Å². The van der Waals surface area contributed by atoms with Gasteiger partial charge in [-0.05, 0) is 0 Å². The quantitative estimate of drug-likeness (QED) is 0.225. The Hall–Kier alpha value is -1.81. The summed E-state index contributed by atoms with van der Waals surface area (Å²) in [5.41, 5.74) is 5.24. The van der Waals surface area contributed by atoms with E-state index in [0.717, 1.165) is 0 Å². The Labute approximate surface area is 87.4 Å². The minimum atomic E-state index is -0.965. The fourth-order valence-electron chi connectivity index (χ4n) is 0.992. The number of carbonyl (C=O) groups is 1. The zero-order chi connectivity index (χ0) is 11.7. The molecule has 84 valence electrons. The zero-order valence-corrected chi connectivity index (χ0v) is 8.26. The highest BCUT2D eigenvalue weighted by Crippen LogP contribution is 1.94. The largest absolute Gasteiger partial charge is 0.480 e. The molecule has 0 fully saturated rings. The predicted molar refractivity (Wildman–Crippen MR) is 52.3 cm³/mol. The lowest BCUT2D eigenvalue weighted by Crippen LogP contribution is -2.33. The molecule has 7 heteroatoms. The van der Waals surface area contributed by atoms with Gasteiger partial charge in [0.2, 0.25) is 0 Å². The molecule has 0 saturated carbocycles. The van der Waals surface area contributed by atoms with Crippen LogP contribution in [0.1, 0.15) is 12.8 Å². The van der Waals surface area contributed by atoms with Crippen LogP contribution in [0.4, 0.5) is 0 Å². The Bertz CT molecular complexity index is 272. The highest BCUT2D eigenvalue weighted by atomic mass is 16.4. The third-order valence-electron chi connectivity index (χ3n) is 1.71. The second kappa shape index (κ2) is 7.58. The summed E-state index contributed by atoms with van der Waals surface area (Å²) in [6, 6.07) is 1.93. The third-order valence-corrected chi connectivity index (χ3v) is 1.71. The van der Waals surface area contributed by atoms with E-state index in [2.05, 4.69) is 5.16 Å². The molecule has 0 heterocycles. The predicted octanol–water partition coefficient (Wildman–Crippen LogP) is -0.577. The number of carboxylic acids is 1. The molecule has 0 aromatic rings. The number of nitriles is 1. The molecule has 0 amide bonds. The molecule has 0 unspecified atom stereocenters. The Morgan fingerprint density at radius 1 is 1.53 bits per heavy atom. The number of amidine groups is 1. The van der Waals surface area contributed by atoms with Crippen molar-refractivity contribution in [1.29, 1.82) is 5.26 Å². The van der Waals surface area contributed by atoms with Gasteiger partial charge >= 0.3 is 5.97 Å². The molecular weight excluding hydrogens is 200 g/mol. The Balaban J connectivity index is 4.01. The average Bonchev–Trinajstić information content (AvgIpc) is 2.20. The molecular formula is C8H14N4O3. The van der Waals surface area contributed by atoms with E-state index in [-0.39, 0.29) is 25.2 Å². The lowest BCUT2D eigenvalue weighted by molar-refractivity contribution is -0.138. The number of hydrogen-bond donors (Lipinski definition) is 3. The number of oxime groups is 1. The average molecular weight is 214 g/mol. The first-order chi connectivity index (χ1) is 7.10. The summed E-state index contributed by atoms with van der Waals surface area (Å²) < 4.78 is 0. The van der Waals surface area contributed by atoms with Crippen molar-refractivity contribution in [2.24, 2.45) is 10.9 Å². The van der Waals surface area contributed by atoms with Crippen LogP contribution >= 0.6 is 0 Å². The standard InChI is InChI=1S/C8H14N4O3/c9-3-1-4-12(6-8(13)14)5-2-7(10)11-15/h15H,1-2,4-6H2,(H2,10,11)(H,13,14). The summed E-state index contributed by atoms with van der Waals surface area (Å²) in [6.07, 6.45) is 0.526. The summed E-state index contributed by atoms with van der Waals surface area (Å²) in [5, 5.41) is 28.0. The van der Waals surface area contributed by atoms with E-state index in [9.17, 15) is 4.79 Å². The summed E-state index contributed by atoms with van der Waals surface area (Å²) in [5.74, 6) is -0.921. The van der Waals surface area contributed by atoms with Crippen molar-refractivity contribution in [2.45, 2.75) is 12.8 Å². The first kappa shape index (κ1) is 13.2. The van der Waals surface area contributed by atoms with E-state index in [0.29, 0.717) is 13.1 Å². The molecule has 4 N–H and O–H groups in total. The summed E-state index contributed by atoms with van der Waals surface area (Å²) >= 11 is 0. The molecule has 0 aliphatic heterocycles. The number of nitrogens with zero attached hydrogens (tertiary/aromatic N) is 3. The number of carboxylic acid groups (broad SMARTS) is 1. The maximum atomic E-state index is 10.5. The monoisotopic (exact) mass is 214 g/mol. The highest BCUT2D eigenvalue weighted by molar-refractivity contribution is 5.79. The maximum absolute atomic E-state index is 10.5. The first-order valence-corrected chi connectivity index (χ1v) is 4.37.